The zero-order valence-electron chi connectivity index (χ0n) is 12.7. The smallest absolute Gasteiger partial charge is 0.0562 e. The molecule has 1 aromatic rings. The third kappa shape index (κ3) is 4.50. The first-order valence-corrected chi connectivity index (χ1v) is 7.35. The summed E-state index contributed by atoms with van der Waals surface area (Å²) >= 11 is 0. The number of anilines is 1. The summed E-state index contributed by atoms with van der Waals surface area (Å²) in [7, 11) is 2.19. The summed E-state index contributed by atoms with van der Waals surface area (Å²) in [6.45, 7) is 8.55. The Morgan fingerprint density at radius 1 is 1.37 bits per heavy atom. The van der Waals surface area contributed by atoms with Crippen LogP contribution in [-0.4, -0.2) is 24.1 Å². The molecule has 0 amide bonds. The topological polar surface area (TPSA) is 28.2 Å². The summed E-state index contributed by atoms with van der Waals surface area (Å²) in [6, 6.07) is 4.32. The Labute approximate surface area is 117 Å². The molecule has 106 valence electrons. The minimum absolute atomic E-state index is 0.134. The van der Waals surface area contributed by atoms with E-state index >= 15 is 0 Å². The zero-order chi connectivity index (χ0) is 13.9. The van der Waals surface area contributed by atoms with E-state index in [0.29, 0.717) is 0 Å². The summed E-state index contributed by atoms with van der Waals surface area (Å²) in [6.07, 6.45) is 6.13. The van der Waals surface area contributed by atoms with E-state index in [4.69, 9.17) is 0 Å². The van der Waals surface area contributed by atoms with Crippen LogP contribution in [0.15, 0.2) is 18.3 Å². The zero-order valence-corrected chi connectivity index (χ0v) is 12.7. The maximum atomic E-state index is 4.45. The van der Waals surface area contributed by atoms with Gasteiger partial charge in [-0.25, -0.2) is 0 Å². The summed E-state index contributed by atoms with van der Waals surface area (Å²) in [5.41, 5.74) is 2.54. The molecule has 19 heavy (non-hydrogen) atoms. The summed E-state index contributed by atoms with van der Waals surface area (Å²) in [5.74, 6) is 0.898. The van der Waals surface area contributed by atoms with Gasteiger partial charge in [-0.3, -0.25) is 4.98 Å². The minimum atomic E-state index is 0.134. The number of rotatable bonds is 5. The van der Waals surface area contributed by atoms with E-state index in [0.717, 1.165) is 18.2 Å². The monoisotopic (exact) mass is 261 g/mol. The van der Waals surface area contributed by atoms with Gasteiger partial charge in [0.15, 0.2) is 0 Å². The van der Waals surface area contributed by atoms with Crippen molar-refractivity contribution in [2.24, 2.45) is 5.92 Å². The molecule has 1 fully saturated rings. The molecule has 1 aliphatic rings. The predicted molar refractivity (Wildman–Crippen MR) is 81.4 cm³/mol. The van der Waals surface area contributed by atoms with Gasteiger partial charge in [-0.1, -0.05) is 6.42 Å². The van der Waals surface area contributed by atoms with Gasteiger partial charge < -0.3 is 10.2 Å². The van der Waals surface area contributed by atoms with Gasteiger partial charge in [0.05, 0.1) is 5.69 Å². The highest BCUT2D eigenvalue weighted by molar-refractivity contribution is 5.45. The van der Waals surface area contributed by atoms with Crippen molar-refractivity contribution < 1.29 is 0 Å². The SMILES string of the molecule is CN(CC1CCC1)c1ccnc(CNC(C)(C)C)c1. The fourth-order valence-electron chi connectivity index (χ4n) is 2.32. The highest BCUT2D eigenvalue weighted by Gasteiger charge is 2.19. The van der Waals surface area contributed by atoms with Gasteiger partial charge in [-0.15, -0.1) is 0 Å². The lowest BCUT2D eigenvalue weighted by Crippen LogP contribution is -2.35. The van der Waals surface area contributed by atoms with Crippen LogP contribution < -0.4 is 10.2 Å². The molecule has 0 unspecified atom stereocenters. The van der Waals surface area contributed by atoms with E-state index in [1.807, 2.05) is 6.20 Å². The van der Waals surface area contributed by atoms with Gasteiger partial charge in [0, 0.05) is 37.6 Å². The molecule has 0 bridgehead atoms. The largest absolute Gasteiger partial charge is 0.374 e. The third-order valence-corrected chi connectivity index (χ3v) is 3.80. The van der Waals surface area contributed by atoms with Crippen LogP contribution in [0.25, 0.3) is 0 Å². The van der Waals surface area contributed by atoms with Gasteiger partial charge in [-0.2, -0.15) is 0 Å². The molecule has 3 nitrogen and oxygen atoms in total. The van der Waals surface area contributed by atoms with Gasteiger partial charge in [0.2, 0.25) is 0 Å². The highest BCUT2D eigenvalue weighted by atomic mass is 15.1. The maximum absolute atomic E-state index is 4.45. The van der Waals surface area contributed by atoms with Crippen LogP contribution in [-0.2, 0) is 6.54 Å². The summed E-state index contributed by atoms with van der Waals surface area (Å²) < 4.78 is 0. The first-order chi connectivity index (χ1) is 8.94. The van der Waals surface area contributed by atoms with Crippen molar-refractivity contribution in [3.8, 4) is 0 Å². The van der Waals surface area contributed by atoms with E-state index in [2.05, 4.69) is 55.2 Å². The highest BCUT2D eigenvalue weighted by Crippen LogP contribution is 2.28. The van der Waals surface area contributed by atoms with E-state index < -0.39 is 0 Å². The second-order valence-corrected chi connectivity index (χ2v) is 6.79. The molecule has 0 aliphatic heterocycles. The fourth-order valence-corrected chi connectivity index (χ4v) is 2.32. The third-order valence-electron chi connectivity index (χ3n) is 3.80. The molecular weight excluding hydrogens is 234 g/mol. The molecule has 0 aromatic carbocycles. The van der Waals surface area contributed by atoms with Crippen LogP contribution in [0.4, 0.5) is 5.69 Å². The van der Waals surface area contributed by atoms with Gasteiger partial charge in [0.1, 0.15) is 0 Å². The standard InChI is InChI=1S/C16H27N3/c1-16(2,3)18-11-14-10-15(8-9-17-14)19(4)12-13-6-5-7-13/h8-10,13,18H,5-7,11-12H2,1-4H3. The quantitative estimate of drug-likeness (QED) is 0.882. The van der Waals surface area contributed by atoms with Crippen molar-refractivity contribution in [1.29, 1.82) is 0 Å². The van der Waals surface area contributed by atoms with Gasteiger partial charge in [-0.05, 0) is 51.7 Å². The average Bonchev–Trinajstić information content (AvgIpc) is 2.30. The molecule has 1 N–H and O–H groups in total. The lowest BCUT2D eigenvalue weighted by Gasteiger charge is -2.31. The normalized spacial score (nSPS) is 16.2. The number of hydrogen-bond acceptors (Lipinski definition) is 3. The van der Waals surface area contributed by atoms with Crippen molar-refractivity contribution in [1.82, 2.24) is 10.3 Å². The second-order valence-electron chi connectivity index (χ2n) is 6.79. The number of nitrogens with zero attached hydrogens (tertiary/aromatic N) is 2. The van der Waals surface area contributed by atoms with Crippen LogP contribution >= 0.6 is 0 Å². The summed E-state index contributed by atoms with van der Waals surface area (Å²) in [5, 5.41) is 3.49. The van der Waals surface area contributed by atoms with Gasteiger partial charge in [0.25, 0.3) is 0 Å². The Balaban J connectivity index is 1.93. The van der Waals surface area contributed by atoms with Crippen molar-refractivity contribution in [2.45, 2.75) is 52.1 Å². The van der Waals surface area contributed by atoms with Crippen LogP contribution in [0.2, 0.25) is 0 Å². The van der Waals surface area contributed by atoms with Crippen molar-refractivity contribution in [2.75, 3.05) is 18.5 Å². The van der Waals surface area contributed by atoms with E-state index in [1.165, 1.54) is 31.5 Å². The Hall–Kier alpha value is -1.09. The van der Waals surface area contributed by atoms with Crippen LogP contribution in [0.3, 0.4) is 0 Å². The molecular formula is C16H27N3. The number of nitrogens with one attached hydrogen (secondary N) is 1. The Morgan fingerprint density at radius 3 is 2.68 bits per heavy atom. The van der Waals surface area contributed by atoms with Crippen molar-refractivity contribution in [3.05, 3.63) is 24.0 Å². The second kappa shape index (κ2) is 5.91. The first kappa shape index (κ1) is 14.3. The molecule has 0 spiro atoms. The molecule has 2 rings (SSSR count). The Bertz CT molecular complexity index is 405. The maximum Gasteiger partial charge on any atom is 0.0562 e. The van der Waals surface area contributed by atoms with Crippen LogP contribution in [0.5, 0.6) is 0 Å². The molecule has 0 atom stereocenters. The summed E-state index contributed by atoms with van der Waals surface area (Å²) in [4.78, 5) is 6.82. The number of aromatic nitrogens is 1. The lowest BCUT2D eigenvalue weighted by molar-refractivity contribution is 0.321. The minimum Gasteiger partial charge on any atom is -0.374 e. The molecule has 1 aliphatic carbocycles. The van der Waals surface area contributed by atoms with E-state index in [9.17, 15) is 0 Å². The Kier molecular flexibility index (Phi) is 4.46. The molecule has 1 heterocycles. The van der Waals surface area contributed by atoms with E-state index in [1.54, 1.807) is 0 Å². The molecule has 1 aromatic heterocycles. The number of pyridine rings is 1. The Morgan fingerprint density at radius 2 is 2.11 bits per heavy atom. The fraction of sp³-hybridized carbons (Fsp3) is 0.688. The number of hydrogen-bond donors (Lipinski definition) is 1. The van der Waals surface area contributed by atoms with Crippen LogP contribution in [0, 0.1) is 5.92 Å². The van der Waals surface area contributed by atoms with Crippen LogP contribution in [0.1, 0.15) is 45.7 Å². The predicted octanol–water partition coefficient (Wildman–Crippen LogP) is 3.21. The molecule has 1 saturated carbocycles. The molecule has 0 saturated heterocycles. The van der Waals surface area contributed by atoms with Crippen molar-refractivity contribution in [3.63, 3.8) is 0 Å². The van der Waals surface area contributed by atoms with E-state index in [-0.39, 0.29) is 5.54 Å². The first-order valence-electron chi connectivity index (χ1n) is 7.35. The lowest BCUT2D eigenvalue weighted by atomic mass is 9.85. The van der Waals surface area contributed by atoms with Crippen molar-refractivity contribution >= 4 is 5.69 Å². The average molecular weight is 261 g/mol. The molecule has 0 radical (unpaired) electrons. The molecule has 3 heteroatoms. The van der Waals surface area contributed by atoms with Gasteiger partial charge >= 0.3 is 0 Å².